The highest BCUT2D eigenvalue weighted by atomic mass is 16.6. The molecule has 0 bridgehead atoms. The van der Waals surface area contributed by atoms with Gasteiger partial charge in [-0.1, -0.05) is 0 Å². The number of likely N-dealkylation sites (tertiary alicyclic amines) is 1. The normalized spacial score (nSPS) is 18.1. The Bertz CT molecular complexity index is 438. The Labute approximate surface area is 120 Å². The summed E-state index contributed by atoms with van der Waals surface area (Å²) >= 11 is 0. The van der Waals surface area contributed by atoms with E-state index in [0.29, 0.717) is 12.6 Å². The summed E-state index contributed by atoms with van der Waals surface area (Å²) in [5, 5.41) is 7.80. The van der Waals surface area contributed by atoms with Gasteiger partial charge in [-0.05, 0) is 26.7 Å². The first-order chi connectivity index (χ1) is 9.60. The molecule has 1 aromatic heterocycles. The molecule has 1 atom stereocenters. The number of aryl methyl sites for hydroxylation is 1. The molecule has 1 aromatic rings. The van der Waals surface area contributed by atoms with Gasteiger partial charge in [0.2, 0.25) is 0 Å². The van der Waals surface area contributed by atoms with Gasteiger partial charge in [-0.3, -0.25) is 4.68 Å². The second kappa shape index (κ2) is 6.74. The lowest BCUT2D eigenvalue weighted by atomic mass is 10.0. The van der Waals surface area contributed by atoms with Crippen LogP contribution in [-0.4, -0.2) is 46.5 Å². The molecular formula is C14H24N4O2. The van der Waals surface area contributed by atoms with Gasteiger partial charge in [0.25, 0.3) is 0 Å². The summed E-state index contributed by atoms with van der Waals surface area (Å²) in [6.07, 6.45) is 5.66. The average Bonchev–Trinajstić information content (AvgIpc) is 2.86. The number of amides is 1. The molecule has 1 aliphatic heterocycles. The zero-order valence-corrected chi connectivity index (χ0v) is 12.5. The molecule has 20 heavy (non-hydrogen) atoms. The number of carbonyl (C=O) groups is 1. The minimum Gasteiger partial charge on any atom is -0.450 e. The first-order valence-electron chi connectivity index (χ1n) is 7.26. The maximum absolute atomic E-state index is 11.6. The van der Waals surface area contributed by atoms with Crippen LogP contribution >= 0.6 is 0 Å². The lowest BCUT2D eigenvalue weighted by Crippen LogP contribution is -2.45. The third kappa shape index (κ3) is 3.72. The Balaban J connectivity index is 1.78. The SMILES string of the molecule is CCOC(=O)N1CCC(NC(C)c2cnn(C)c2)CC1. The molecule has 112 valence electrons. The van der Waals surface area contributed by atoms with Crippen molar-refractivity contribution >= 4 is 6.09 Å². The third-order valence-electron chi connectivity index (χ3n) is 3.73. The van der Waals surface area contributed by atoms with Gasteiger partial charge in [-0.2, -0.15) is 5.10 Å². The van der Waals surface area contributed by atoms with Crippen molar-refractivity contribution in [2.45, 2.75) is 38.8 Å². The summed E-state index contributed by atoms with van der Waals surface area (Å²) in [6, 6.07) is 0.721. The molecule has 0 radical (unpaired) electrons. The number of carbonyl (C=O) groups excluding carboxylic acids is 1. The topological polar surface area (TPSA) is 59.4 Å². The Morgan fingerprint density at radius 1 is 1.55 bits per heavy atom. The van der Waals surface area contributed by atoms with Crippen LogP contribution in [0.2, 0.25) is 0 Å². The van der Waals surface area contributed by atoms with Gasteiger partial charge in [0.15, 0.2) is 0 Å². The first-order valence-corrected chi connectivity index (χ1v) is 7.26. The fourth-order valence-electron chi connectivity index (χ4n) is 2.56. The van der Waals surface area contributed by atoms with E-state index in [0.717, 1.165) is 25.9 Å². The summed E-state index contributed by atoms with van der Waals surface area (Å²) in [4.78, 5) is 13.4. The maximum atomic E-state index is 11.6. The third-order valence-corrected chi connectivity index (χ3v) is 3.73. The molecule has 1 unspecified atom stereocenters. The predicted octanol–water partition coefficient (Wildman–Crippen LogP) is 1.69. The fourth-order valence-corrected chi connectivity index (χ4v) is 2.56. The van der Waals surface area contributed by atoms with Crippen molar-refractivity contribution in [3.63, 3.8) is 0 Å². The van der Waals surface area contributed by atoms with Crippen LogP contribution in [0.25, 0.3) is 0 Å². The molecule has 1 N–H and O–H groups in total. The number of hydrogen-bond acceptors (Lipinski definition) is 4. The van der Waals surface area contributed by atoms with Crippen molar-refractivity contribution < 1.29 is 9.53 Å². The van der Waals surface area contributed by atoms with Crippen LogP contribution < -0.4 is 5.32 Å². The molecule has 1 saturated heterocycles. The van der Waals surface area contributed by atoms with E-state index in [2.05, 4.69) is 17.3 Å². The van der Waals surface area contributed by atoms with Crippen LogP contribution in [0.1, 0.15) is 38.3 Å². The second-order valence-corrected chi connectivity index (χ2v) is 5.30. The van der Waals surface area contributed by atoms with Gasteiger partial charge >= 0.3 is 6.09 Å². The minimum absolute atomic E-state index is 0.189. The maximum Gasteiger partial charge on any atom is 0.409 e. The summed E-state index contributed by atoms with van der Waals surface area (Å²) in [5.41, 5.74) is 1.19. The van der Waals surface area contributed by atoms with E-state index in [1.165, 1.54) is 5.56 Å². The molecule has 0 saturated carbocycles. The number of nitrogens with one attached hydrogen (secondary N) is 1. The lowest BCUT2D eigenvalue weighted by Gasteiger charge is -2.33. The number of piperidine rings is 1. The van der Waals surface area contributed by atoms with Crippen LogP contribution in [0.3, 0.4) is 0 Å². The highest BCUT2D eigenvalue weighted by molar-refractivity contribution is 5.67. The molecule has 2 rings (SSSR count). The highest BCUT2D eigenvalue weighted by Gasteiger charge is 2.24. The van der Waals surface area contributed by atoms with Crippen LogP contribution in [0, 0.1) is 0 Å². The van der Waals surface area contributed by atoms with Crippen LogP contribution in [0.4, 0.5) is 4.79 Å². The molecular weight excluding hydrogens is 256 g/mol. The molecule has 1 aliphatic rings. The average molecular weight is 280 g/mol. The Kier molecular flexibility index (Phi) is 5.00. The van der Waals surface area contributed by atoms with Gasteiger partial charge in [0.1, 0.15) is 0 Å². The summed E-state index contributed by atoms with van der Waals surface area (Å²) in [6.45, 7) is 5.94. The molecule has 1 fully saturated rings. The van der Waals surface area contributed by atoms with E-state index in [1.807, 2.05) is 31.0 Å². The van der Waals surface area contributed by atoms with E-state index in [9.17, 15) is 4.79 Å². The summed E-state index contributed by atoms with van der Waals surface area (Å²) in [7, 11) is 1.92. The Morgan fingerprint density at radius 3 is 2.80 bits per heavy atom. The largest absolute Gasteiger partial charge is 0.450 e. The van der Waals surface area contributed by atoms with Gasteiger partial charge in [0, 0.05) is 44.0 Å². The van der Waals surface area contributed by atoms with Crippen LogP contribution in [-0.2, 0) is 11.8 Å². The molecule has 6 heteroatoms. The summed E-state index contributed by atoms with van der Waals surface area (Å²) < 4.78 is 6.84. The lowest BCUT2D eigenvalue weighted by molar-refractivity contribution is 0.0944. The van der Waals surface area contributed by atoms with Crippen molar-refractivity contribution in [1.82, 2.24) is 20.0 Å². The fraction of sp³-hybridized carbons (Fsp3) is 0.714. The van der Waals surface area contributed by atoms with E-state index in [-0.39, 0.29) is 12.1 Å². The van der Waals surface area contributed by atoms with E-state index < -0.39 is 0 Å². The van der Waals surface area contributed by atoms with Gasteiger partial charge in [0.05, 0.1) is 12.8 Å². The number of hydrogen-bond donors (Lipinski definition) is 1. The van der Waals surface area contributed by atoms with Crippen LogP contribution in [0.5, 0.6) is 0 Å². The molecule has 0 aliphatic carbocycles. The Morgan fingerprint density at radius 2 is 2.25 bits per heavy atom. The standard InChI is InChI=1S/C14H24N4O2/c1-4-20-14(19)18-7-5-13(6-8-18)16-11(2)12-9-15-17(3)10-12/h9-11,13,16H,4-8H2,1-3H3. The van der Waals surface area contributed by atoms with Crippen molar-refractivity contribution in [1.29, 1.82) is 0 Å². The monoisotopic (exact) mass is 280 g/mol. The highest BCUT2D eigenvalue weighted by Crippen LogP contribution is 2.17. The molecule has 2 heterocycles. The van der Waals surface area contributed by atoms with Crippen molar-refractivity contribution in [2.24, 2.45) is 7.05 Å². The quantitative estimate of drug-likeness (QED) is 0.912. The number of nitrogens with zero attached hydrogens (tertiary/aromatic N) is 3. The van der Waals surface area contributed by atoms with Crippen molar-refractivity contribution in [3.8, 4) is 0 Å². The predicted molar refractivity (Wildman–Crippen MR) is 76.4 cm³/mol. The zero-order valence-electron chi connectivity index (χ0n) is 12.5. The number of aromatic nitrogens is 2. The number of ether oxygens (including phenoxy) is 1. The second-order valence-electron chi connectivity index (χ2n) is 5.30. The molecule has 1 amide bonds. The van der Waals surface area contributed by atoms with Crippen molar-refractivity contribution in [3.05, 3.63) is 18.0 Å². The summed E-state index contributed by atoms with van der Waals surface area (Å²) in [5.74, 6) is 0. The molecule has 6 nitrogen and oxygen atoms in total. The first kappa shape index (κ1) is 14.8. The van der Waals surface area contributed by atoms with Gasteiger partial charge in [-0.15, -0.1) is 0 Å². The van der Waals surface area contributed by atoms with E-state index in [1.54, 1.807) is 4.90 Å². The van der Waals surface area contributed by atoms with Crippen molar-refractivity contribution in [2.75, 3.05) is 19.7 Å². The van der Waals surface area contributed by atoms with E-state index in [4.69, 9.17) is 4.74 Å². The smallest absolute Gasteiger partial charge is 0.409 e. The molecule has 0 aromatic carbocycles. The van der Waals surface area contributed by atoms with Gasteiger partial charge < -0.3 is 15.0 Å². The zero-order chi connectivity index (χ0) is 14.5. The van der Waals surface area contributed by atoms with Gasteiger partial charge in [-0.25, -0.2) is 4.79 Å². The van der Waals surface area contributed by atoms with E-state index >= 15 is 0 Å². The number of rotatable bonds is 4. The Hall–Kier alpha value is -1.56. The molecule has 0 spiro atoms. The minimum atomic E-state index is -0.189. The van der Waals surface area contributed by atoms with Crippen LogP contribution in [0.15, 0.2) is 12.4 Å².